The van der Waals surface area contributed by atoms with Gasteiger partial charge in [-0.25, -0.2) is 0 Å². The summed E-state index contributed by atoms with van der Waals surface area (Å²) < 4.78 is 2.65. The molecule has 0 saturated heterocycles. The standard InChI is InChI=1S/C57H43NS/c1-57(2)50-21-9-6-17-48(50)55-47(20-12-22-51(55)57)46-16-7-10-23-52(46)58(43-34-30-41(31-35-43)40-28-26-39(27-29-40)38-14-4-3-5-15-38)44-36-32-42(33-37-44)45-19-13-25-54-56(45)49-18-8-11-24-53(49)59-54/h3-5,7-16,18-37H,6,17H2,1-2H3. The van der Waals surface area contributed by atoms with E-state index in [1.54, 1.807) is 0 Å². The van der Waals surface area contributed by atoms with Gasteiger partial charge in [0.1, 0.15) is 0 Å². The van der Waals surface area contributed by atoms with Crippen LogP contribution in [0.25, 0.3) is 70.3 Å². The van der Waals surface area contributed by atoms with E-state index in [2.05, 4.69) is 219 Å². The van der Waals surface area contributed by atoms with Crippen molar-refractivity contribution in [2.75, 3.05) is 4.90 Å². The summed E-state index contributed by atoms with van der Waals surface area (Å²) in [5.74, 6) is 0. The lowest BCUT2D eigenvalue weighted by Gasteiger charge is -2.29. The zero-order valence-corrected chi connectivity index (χ0v) is 34.1. The Balaban J connectivity index is 1.04. The van der Waals surface area contributed by atoms with Gasteiger partial charge in [0, 0.05) is 42.5 Å². The molecule has 2 aliphatic rings. The Hall–Kier alpha value is -6.74. The van der Waals surface area contributed by atoms with Crippen molar-refractivity contribution in [2.24, 2.45) is 0 Å². The lowest BCUT2D eigenvalue weighted by Crippen LogP contribution is -2.16. The normalized spacial score (nSPS) is 14.1. The van der Waals surface area contributed by atoms with Gasteiger partial charge in [-0.05, 0) is 117 Å². The van der Waals surface area contributed by atoms with Gasteiger partial charge in [-0.1, -0.05) is 172 Å². The Bertz CT molecular complexity index is 3090. The van der Waals surface area contributed by atoms with Crippen molar-refractivity contribution in [2.45, 2.75) is 32.1 Å². The molecule has 59 heavy (non-hydrogen) atoms. The molecule has 1 heterocycles. The van der Waals surface area contributed by atoms with E-state index in [0.717, 1.165) is 29.9 Å². The number of thiophene rings is 1. The van der Waals surface area contributed by atoms with Crippen molar-refractivity contribution in [3.05, 3.63) is 217 Å². The van der Waals surface area contributed by atoms with Gasteiger partial charge in [-0.3, -0.25) is 0 Å². The fourth-order valence-electron chi connectivity index (χ4n) is 9.69. The third-order valence-corrected chi connectivity index (χ3v) is 13.7. The predicted octanol–water partition coefficient (Wildman–Crippen LogP) is 16.6. The Morgan fingerprint density at radius 1 is 0.475 bits per heavy atom. The lowest BCUT2D eigenvalue weighted by atomic mass is 9.80. The van der Waals surface area contributed by atoms with Crippen molar-refractivity contribution in [1.82, 2.24) is 0 Å². The molecule has 0 bridgehead atoms. The molecule has 0 spiro atoms. The first-order valence-electron chi connectivity index (χ1n) is 20.7. The van der Waals surface area contributed by atoms with E-state index in [1.165, 1.54) is 87.0 Å². The molecule has 282 valence electrons. The highest BCUT2D eigenvalue weighted by atomic mass is 32.1. The largest absolute Gasteiger partial charge is 0.310 e. The number of allylic oxidation sites excluding steroid dienone is 4. The first-order chi connectivity index (χ1) is 29.0. The minimum Gasteiger partial charge on any atom is -0.310 e. The Kier molecular flexibility index (Phi) is 8.57. The summed E-state index contributed by atoms with van der Waals surface area (Å²) >= 11 is 1.87. The van der Waals surface area contributed by atoms with E-state index in [9.17, 15) is 0 Å². The molecule has 2 aliphatic carbocycles. The van der Waals surface area contributed by atoms with Crippen LogP contribution in [0.4, 0.5) is 17.1 Å². The number of hydrogen-bond donors (Lipinski definition) is 0. The highest BCUT2D eigenvalue weighted by Crippen LogP contribution is 2.54. The lowest BCUT2D eigenvalue weighted by molar-refractivity contribution is 0.651. The highest BCUT2D eigenvalue weighted by molar-refractivity contribution is 7.25. The second kappa shape index (κ2) is 14.3. The summed E-state index contributed by atoms with van der Waals surface area (Å²) in [6.07, 6.45) is 6.90. The van der Waals surface area contributed by atoms with Crippen LogP contribution in [-0.4, -0.2) is 0 Å². The number of rotatable bonds is 7. The van der Waals surface area contributed by atoms with Gasteiger partial charge in [0.25, 0.3) is 0 Å². The third-order valence-electron chi connectivity index (χ3n) is 12.6. The fraction of sp³-hybridized carbons (Fsp3) is 0.0877. The number of hydrogen-bond acceptors (Lipinski definition) is 2. The van der Waals surface area contributed by atoms with E-state index in [1.807, 2.05) is 11.3 Å². The fourth-order valence-corrected chi connectivity index (χ4v) is 10.8. The zero-order chi connectivity index (χ0) is 39.5. The minimum atomic E-state index is -0.0339. The van der Waals surface area contributed by atoms with Crippen molar-refractivity contribution >= 4 is 54.1 Å². The van der Waals surface area contributed by atoms with Crippen LogP contribution in [0.15, 0.2) is 206 Å². The summed E-state index contributed by atoms with van der Waals surface area (Å²) in [5.41, 5.74) is 19.1. The van der Waals surface area contributed by atoms with Crippen LogP contribution in [0, 0.1) is 0 Å². The molecule has 11 rings (SSSR count). The number of benzene rings is 8. The molecule has 0 fully saturated rings. The molecular weight excluding hydrogens is 731 g/mol. The third kappa shape index (κ3) is 5.98. The molecule has 0 radical (unpaired) electrons. The van der Waals surface area contributed by atoms with Gasteiger partial charge >= 0.3 is 0 Å². The minimum absolute atomic E-state index is 0.0339. The average molecular weight is 774 g/mol. The molecule has 0 unspecified atom stereocenters. The SMILES string of the molecule is CC1(C)C2=C(CCC=C2)c2c(-c3ccccc3N(c3ccc(-c4ccc(-c5ccccc5)cc4)cc3)c3ccc(-c4cccc5sc6ccccc6c45)cc3)cccc21. The summed E-state index contributed by atoms with van der Waals surface area (Å²) in [6, 6.07) is 69.3. The number of para-hydroxylation sites is 1. The van der Waals surface area contributed by atoms with Crippen molar-refractivity contribution in [3.8, 4) is 44.5 Å². The Morgan fingerprint density at radius 2 is 1.03 bits per heavy atom. The van der Waals surface area contributed by atoms with E-state index >= 15 is 0 Å². The van der Waals surface area contributed by atoms with E-state index < -0.39 is 0 Å². The monoisotopic (exact) mass is 773 g/mol. The van der Waals surface area contributed by atoms with Gasteiger partial charge in [0.05, 0.1) is 5.69 Å². The van der Waals surface area contributed by atoms with E-state index in [4.69, 9.17) is 0 Å². The second-order valence-corrected chi connectivity index (χ2v) is 17.4. The molecule has 0 amide bonds. The number of fused-ring (bicyclic) bond motifs is 5. The van der Waals surface area contributed by atoms with Gasteiger partial charge < -0.3 is 4.90 Å². The molecule has 0 saturated carbocycles. The predicted molar refractivity (Wildman–Crippen MR) is 254 cm³/mol. The van der Waals surface area contributed by atoms with E-state index in [-0.39, 0.29) is 5.41 Å². The molecule has 2 heteroatoms. The zero-order valence-electron chi connectivity index (χ0n) is 33.3. The molecule has 0 N–H and O–H groups in total. The maximum atomic E-state index is 2.46. The number of nitrogens with zero attached hydrogens (tertiary/aromatic N) is 1. The number of anilines is 3. The molecule has 1 nitrogen and oxygen atoms in total. The molecule has 9 aromatic rings. The summed E-state index contributed by atoms with van der Waals surface area (Å²) in [4.78, 5) is 2.46. The first-order valence-corrected chi connectivity index (χ1v) is 21.5. The van der Waals surface area contributed by atoms with Crippen molar-refractivity contribution in [3.63, 3.8) is 0 Å². The van der Waals surface area contributed by atoms with Crippen LogP contribution in [0.3, 0.4) is 0 Å². The van der Waals surface area contributed by atoms with Crippen LogP contribution < -0.4 is 4.90 Å². The Morgan fingerprint density at radius 3 is 1.78 bits per heavy atom. The van der Waals surface area contributed by atoms with Crippen molar-refractivity contribution in [1.29, 1.82) is 0 Å². The molecule has 1 aromatic heterocycles. The van der Waals surface area contributed by atoms with E-state index in [0.29, 0.717) is 0 Å². The smallest absolute Gasteiger partial charge is 0.0540 e. The van der Waals surface area contributed by atoms with Crippen LogP contribution in [-0.2, 0) is 5.41 Å². The molecular formula is C57H43NS. The molecule has 8 aromatic carbocycles. The summed E-state index contributed by atoms with van der Waals surface area (Å²) in [7, 11) is 0. The summed E-state index contributed by atoms with van der Waals surface area (Å²) in [6.45, 7) is 4.78. The first kappa shape index (κ1) is 35.4. The quantitative estimate of drug-likeness (QED) is 0.156. The topological polar surface area (TPSA) is 3.24 Å². The maximum Gasteiger partial charge on any atom is 0.0540 e. The average Bonchev–Trinajstić information content (AvgIpc) is 3.80. The molecule has 0 aliphatic heterocycles. The van der Waals surface area contributed by atoms with Crippen LogP contribution >= 0.6 is 11.3 Å². The maximum absolute atomic E-state index is 2.46. The Labute approximate surface area is 350 Å². The summed E-state index contributed by atoms with van der Waals surface area (Å²) in [5, 5.41) is 2.66. The van der Waals surface area contributed by atoms with Crippen LogP contribution in [0.2, 0.25) is 0 Å². The van der Waals surface area contributed by atoms with Gasteiger partial charge in [-0.15, -0.1) is 11.3 Å². The van der Waals surface area contributed by atoms with Gasteiger partial charge in [-0.2, -0.15) is 0 Å². The van der Waals surface area contributed by atoms with Crippen molar-refractivity contribution < 1.29 is 0 Å². The molecule has 0 atom stereocenters. The highest BCUT2D eigenvalue weighted by Gasteiger charge is 2.38. The van der Waals surface area contributed by atoms with Crippen LogP contribution in [0.1, 0.15) is 37.8 Å². The van der Waals surface area contributed by atoms with Crippen LogP contribution in [0.5, 0.6) is 0 Å². The van der Waals surface area contributed by atoms with Gasteiger partial charge in [0.2, 0.25) is 0 Å². The van der Waals surface area contributed by atoms with Gasteiger partial charge in [0.15, 0.2) is 0 Å². The second-order valence-electron chi connectivity index (χ2n) is 16.4.